The molecule has 1 N–H and O–H groups in total. The monoisotopic (exact) mass is 519 g/mol. The number of aromatic nitrogens is 2. The lowest BCUT2D eigenvalue weighted by atomic mass is 9.96. The first kappa shape index (κ1) is 25.2. The lowest BCUT2D eigenvalue weighted by molar-refractivity contribution is -0.389. The molecule has 198 valence electrons. The van der Waals surface area contributed by atoms with Gasteiger partial charge in [-0.25, -0.2) is 4.79 Å². The Morgan fingerprint density at radius 2 is 1.95 bits per heavy atom. The Kier molecular flexibility index (Phi) is 5.89. The van der Waals surface area contributed by atoms with Crippen LogP contribution in [-0.2, 0) is 11.2 Å². The number of nitrogens with one attached hydrogen (secondary N) is 1. The van der Waals surface area contributed by atoms with Crippen molar-refractivity contribution in [2.45, 2.75) is 52.2 Å². The second-order valence-corrected chi connectivity index (χ2v) is 11.0. The predicted molar refractivity (Wildman–Crippen MR) is 140 cm³/mol. The third-order valence-corrected chi connectivity index (χ3v) is 6.25. The van der Waals surface area contributed by atoms with E-state index in [2.05, 4.69) is 10.4 Å². The number of anilines is 1. The van der Waals surface area contributed by atoms with Crippen molar-refractivity contribution in [1.82, 2.24) is 15.1 Å². The first-order valence-corrected chi connectivity index (χ1v) is 12.3. The van der Waals surface area contributed by atoms with Gasteiger partial charge in [0.25, 0.3) is 5.91 Å². The fourth-order valence-corrected chi connectivity index (χ4v) is 4.65. The minimum Gasteiger partial charge on any atom is -0.484 e. The summed E-state index contributed by atoms with van der Waals surface area (Å²) in [6.45, 7) is 9.92. The highest BCUT2D eigenvalue weighted by Gasteiger charge is 2.37. The van der Waals surface area contributed by atoms with Gasteiger partial charge in [-0.05, 0) is 87.4 Å². The molecule has 0 fully saturated rings. The topological polar surface area (TPSA) is 129 Å². The van der Waals surface area contributed by atoms with E-state index in [4.69, 9.17) is 9.47 Å². The smallest absolute Gasteiger partial charge is 0.415 e. The summed E-state index contributed by atoms with van der Waals surface area (Å²) in [4.78, 5) is 38.1. The number of hydrogen-bond donors (Lipinski definition) is 1. The molecule has 0 aliphatic carbocycles. The van der Waals surface area contributed by atoms with Crippen LogP contribution in [0.3, 0.4) is 0 Å². The van der Waals surface area contributed by atoms with Crippen LogP contribution in [0.2, 0.25) is 0 Å². The van der Waals surface area contributed by atoms with Crippen LogP contribution in [0.25, 0.3) is 16.8 Å². The summed E-state index contributed by atoms with van der Waals surface area (Å²) >= 11 is 0. The van der Waals surface area contributed by atoms with Gasteiger partial charge in [-0.15, -0.1) is 4.68 Å². The van der Waals surface area contributed by atoms with Crippen LogP contribution in [0.4, 0.5) is 16.3 Å². The van der Waals surface area contributed by atoms with Crippen molar-refractivity contribution in [3.05, 3.63) is 63.8 Å². The van der Waals surface area contributed by atoms with Gasteiger partial charge in [0.1, 0.15) is 22.5 Å². The molecule has 3 aromatic rings. The van der Waals surface area contributed by atoms with Gasteiger partial charge in [-0.3, -0.25) is 9.69 Å². The van der Waals surface area contributed by atoms with E-state index in [0.29, 0.717) is 46.8 Å². The zero-order chi connectivity index (χ0) is 27.4. The number of nitro groups is 1. The number of amides is 2. The van der Waals surface area contributed by atoms with Gasteiger partial charge in [0.2, 0.25) is 0 Å². The van der Waals surface area contributed by atoms with E-state index < -0.39 is 22.2 Å². The lowest BCUT2D eigenvalue weighted by Gasteiger charge is -2.40. The van der Waals surface area contributed by atoms with Crippen molar-refractivity contribution in [2.24, 2.45) is 0 Å². The molecular weight excluding hydrogens is 490 g/mol. The Morgan fingerprint density at radius 3 is 2.66 bits per heavy atom. The highest BCUT2D eigenvalue weighted by atomic mass is 16.6. The second kappa shape index (κ2) is 8.86. The maximum Gasteiger partial charge on any atom is 0.415 e. The van der Waals surface area contributed by atoms with Crippen molar-refractivity contribution in [3.63, 3.8) is 0 Å². The minimum atomic E-state index is -0.690. The van der Waals surface area contributed by atoms with Crippen LogP contribution in [0.15, 0.2) is 42.6 Å². The van der Waals surface area contributed by atoms with Crippen LogP contribution in [0.5, 0.6) is 5.75 Å². The lowest BCUT2D eigenvalue weighted by Crippen LogP contribution is -2.50. The minimum absolute atomic E-state index is 0.156. The molecule has 2 aliphatic heterocycles. The van der Waals surface area contributed by atoms with Crippen molar-refractivity contribution < 1.29 is 24.0 Å². The molecule has 2 amide bonds. The van der Waals surface area contributed by atoms with Crippen LogP contribution >= 0.6 is 0 Å². The van der Waals surface area contributed by atoms with Crippen molar-refractivity contribution in [1.29, 1.82) is 0 Å². The van der Waals surface area contributed by atoms with Gasteiger partial charge >= 0.3 is 11.9 Å². The number of fused-ring (bicyclic) bond motifs is 2. The SMILES string of the molecule is CC(C)(C)OC(=O)N1CC(C)(C)Oc2ccc(-n3cc(-c4ccc5c(c4)CCNC5=O)c([N+](=O)[O-])n3)cc21. The standard InChI is InChI=1S/C27H29N5O6/c1-26(2,3)38-25(34)30-15-27(4,5)37-22-9-7-18(13-21(22)30)31-14-20(23(29-31)32(35)36)16-6-8-19-17(12-16)10-11-28-24(19)33/h6-9,12-14H,10-11,15H2,1-5H3,(H,28,33). The molecule has 0 saturated heterocycles. The summed E-state index contributed by atoms with van der Waals surface area (Å²) < 4.78 is 13.1. The normalized spacial score (nSPS) is 16.1. The molecule has 11 heteroatoms. The first-order valence-electron chi connectivity index (χ1n) is 12.3. The highest BCUT2D eigenvalue weighted by Crippen LogP contribution is 2.40. The van der Waals surface area contributed by atoms with Gasteiger partial charge in [0, 0.05) is 12.1 Å². The van der Waals surface area contributed by atoms with Crippen LogP contribution < -0.4 is 15.0 Å². The Hall–Kier alpha value is -4.41. The molecule has 0 radical (unpaired) electrons. The molecule has 2 aromatic carbocycles. The van der Waals surface area contributed by atoms with Crippen LogP contribution in [0, 0.1) is 10.1 Å². The van der Waals surface area contributed by atoms with Gasteiger partial charge in [-0.2, -0.15) is 0 Å². The third kappa shape index (κ3) is 4.79. The molecule has 0 atom stereocenters. The quantitative estimate of drug-likeness (QED) is 0.394. The highest BCUT2D eigenvalue weighted by molar-refractivity contribution is 5.97. The number of nitrogens with zero attached hydrogens (tertiary/aromatic N) is 4. The largest absolute Gasteiger partial charge is 0.484 e. The number of rotatable bonds is 3. The van der Waals surface area contributed by atoms with E-state index in [1.807, 2.05) is 13.8 Å². The molecule has 0 saturated carbocycles. The zero-order valence-corrected chi connectivity index (χ0v) is 21.9. The van der Waals surface area contributed by atoms with E-state index in [1.165, 1.54) is 9.58 Å². The van der Waals surface area contributed by atoms with Crippen LogP contribution in [-0.4, -0.2) is 51.0 Å². The van der Waals surface area contributed by atoms with E-state index in [1.54, 1.807) is 63.4 Å². The van der Waals surface area contributed by atoms with E-state index in [-0.39, 0.29) is 18.3 Å². The molecule has 0 bridgehead atoms. The number of carbonyl (C=O) groups excluding carboxylic acids is 2. The molecule has 1 aromatic heterocycles. The van der Waals surface area contributed by atoms with E-state index in [0.717, 1.165) is 5.56 Å². The Balaban J connectivity index is 1.56. The Labute approximate surface area is 219 Å². The summed E-state index contributed by atoms with van der Waals surface area (Å²) in [5, 5.41) is 19.0. The summed E-state index contributed by atoms with van der Waals surface area (Å²) in [5.74, 6) is 0.0204. The maximum atomic E-state index is 13.1. The molecule has 0 unspecified atom stereocenters. The molecule has 38 heavy (non-hydrogen) atoms. The number of carbonyl (C=O) groups is 2. The molecule has 3 heterocycles. The molecular formula is C27H29N5O6. The average molecular weight is 520 g/mol. The van der Waals surface area contributed by atoms with Crippen molar-refractivity contribution in [3.8, 4) is 22.6 Å². The van der Waals surface area contributed by atoms with Crippen molar-refractivity contribution >= 4 is 23.5 Å². The van der Waals surface area contributed by atoms with E-state index in [9.17, 15) is 19.7 Å². The summed E-state index contributed by atoms with van der Waals surface area (Å²) in [7, 11) is 0. The average Bonchev–Trinajstić information content (AvgIpc) is 3.28. The van der Waals surface area contributed by atoms with Gasteiger partial charge < -0.3 is 24.9 Å². The van der Waals surface area contributed by atoms with E-state index >= 15 is 0 Å². The third-order valence-electron chi connectivity index (χ3n) is 6.25. The summed E-state index contributed by atoms with van der Waals surface area (Å²) in [6, 6.07) is 10.3. The Bertz CT molecular complexity index is 1470. The number of benzene rings is 2. The van der Waals surface area contributed by atoms with Crippen molar-refractivity contribution in [2.75, 3.05) is 18.0 Å². The molecule has 11 nitrogen and oxygen atoms in total. The maximum absolute atomic E-state index is 13.1. The van der Waals surface area contributed by atoms with Gasteiger partial charge in [0.15, 0.2) is 0 Å². The predicted octanol–water partition coefficient (Wildman–Crippen LogP) is 4.65. The zero-order valence-electron chi connectivity index (χ0n) is 21.9. The van der Waals surface area contributed by atoms with Crippen LogP contribution in [0.1, 0.15) is 50.5 Å². The fraction of sp³-hybridized carbons (Fsp3) is 0.370. The number of hydrogen-bond acceptors (Lipinski definition) is 7. The summed E-state index contributed by atoms with van der Waals surface area (Å²) in [5.41, 5.74) is 1.96. The summed E-state index contributed by atoms with van der Waals surface area (Å²) in [6.07, 6.45) is 1.70. The molecule has 5 rings (SSSR count). The fourth-order valence-electron chi connectivity index (χ4n) is 4.65. The Morgan fingerprint density at radius 1 is 1.18 bits per heavy atom. The molecule has 0 spiro atoms. The molecule has 2 aliphatic rings. The number of ether oxygens (including phenoxy) is 2. The van der Waals surface area contributed by atoms with Gasteiger partial charge in [0.05, 0.1) is 29.2 Å². The first-order chi connectivity index (χ1) is 17.8. The second-order valence-electron chi connectivity index (χ2n) is 11.0. The van der Waals surface area contributed by atoms with Gasteiger partial charge in [-0.1, -0.05) is 6.07 Å².